The van der Waals surface area contributed by atoms with Crippen molar-refractivity contribution in [2.24, 2.45) is 12.5 Å². The van der Waals surface area contributed by atoms with E-state index in [1.165, 1.54) is 24.3 Å². The number of nitrogens with one attached hydrogen (secondary N) is 2. The lowest BCUT2D eigenvalue weighted by molar-refractivity contribution is -0.139. The van der Waals surface area contributed by atoms with E-state index in [9.17, 15) is 14.4 Å². The van der Waals surface area contributed by atoms with Gasteiger partial charge in [0.25, 0.3) is 0 Å². The second-order valence-corrected chi connectivity index (χ2v) is 11.8. The standard InChI is InChI=1S/C27H41N5O4.C3H8/c1-16(25(35)36)12-13-31(8)24(34)22(26(2,3)4)30-23(33)21(29-7)27(5,6)19-15-32(9)20-14-17(28)10-11-18(19)20;1-3-2/h10-12,14-15,21-22,29H,13,28H2,1-9H3,(H,30,33)(H,35,36);3H2,1-2H3/b16-12+;. The third-order valence-electron chi connectivity index (χ3n) is 6.77. The molecule has 2 aromatic rings. The first kappa shape index (κ1) is 33.7. The molecule has 0 radical (unpaired) electrons. The maximum atomic E-state index is 13.7. The number of amides is 2. The van der Waals surface area contributed by atoms with Crippen molar-refractivity contribution in [2.45, 2.75) is 79.3 Å². The molecular formula is C30H49N5O4. The Morgan fingerprint density at radius 1 is 1.13 bits per heavy atom. The van der Waals surface area contributed by atoms with Crippen molar-refractivity contribution < 1.29 is 19.5 Å². The number of nitrogens with zero attached hydrogens (tertiary/aromatic N) is 2. The summed E-state index contributed by atoms with van der Waals surface area (Å²) in [5.41, 5.74) is 7.56. The minimum Gasteiger partial charge on any atom is -0.478 e. The van der Waals surface area contributed by atoms with E-state index in [-0.39, 0.29) is 23.9 Å². The van der Waals surface area contributed by atoms with Gasteiger partial charge < -0.3 is 30.9 Å². The lowest BCUT2D eigenvalue weighted by Gasteiger charge is -2.38. The van der Waals surface area contributed by atoms with Crippen LogP contribution in [-0.4, -0.2) is 65.1 Å². The number of aromatic nitrogens is 1. The molecule has 0 aliphatic heterocycles. The Balaban J connectivity index is 0.00000242. The number of aryl methyl sites for hydroxylation is 1. The number of anilines is 1. The zero-order valence-electron chi connectivity index (χ0n) is 25.6. The summed E-state index contributed by atoms with van der Waals surface area (Å²) >= 11 is 0. The van der Waals surface area contributed by atoms with Crippen LogP contribution in [0, 0.1) is 5.41 Å². The molecule has 0 saturated carbocycles. The van der Waals surface area contributed by atoms with Crippen molar-refractivity contribution in [3.05, 3.63) is 41.6 Å². The van der Waals surface area contributed by atoms with Crippen molar-refractivity contribution in [1.29, 1.82) is 0 Å². The number of carboxylic acid groups (broad SMARTS) is 1. The van der Waals surface area contributed by atoms with Gasteiger partial charge in [-0.2, -0.15) is 0 Å². The molecule has 9 nitrogen and oxygen atoms in total. The summed E-state index contributed by atoms with van der Waals surface area (Å²) in [4.78, 5) is 39.5. The maximum Gasteiger partial charge on any atom is 0.331 e. The van der Waals surface area contributed by atoms with Gasteiger partial charge in [-0.15, -0.1) is 0 Å². The predicted octanol–water partition coefficient (Wildman–Crippen LogP) is 4.06. The number of carbonyl (C=O) groups excluding carboxylic acids is 2. The second-order valence-electron chi connectivity index (χ2n) is 11.8. The van der Waals surface area contributed by atoms with E-state index in [0.717, 1.165) is 16.5 Å². The van der Waals surface area contributed by atoms with Crippen LogP contribution in [0.4, 0.5) is 5.69 Å². The van der Waals surface area contributed by atoms with Crippen LogP contribution in [0.3, 0.4) is 0 Å². The van der Waals surface area contributed by atoms with E-state index in [0.29, 0.717) is 5.69 Å². The summed E-state index contributed by atoms with van der Waals surface area (Å²) in [5, 5.41) is 16.2. The molecule has 0 fully saturated rings. The number of benzene rings is 1. The van der Waals surface area contributed by atoms with Crippen LogP contribution in [0.2, 0.25) is 0 Å². The molecule has 1 heterocycles. The number of hydrogen-bond acceptors (Lipinski definition) is 5. The molecule has 1 aromatic carbocycles. The van der Waals surface area contributed by atoms with Crippen molar-refractivity contribution in [3.63, 3.8) is 0 Å². The van der Waals surface area contributed by atoms with E-state index >= 15 is 0 Å². The zero-order valence-corrected chi connectivity index (χ0v) is 25.6. The summed E-state index contributed by atoms with van der Waals surface area (Å²) in [6, 6.07) is 4.27. The molecule has 0 spiro atoms. The topological polar surface area (TPSA) is 130 Å². The number of rotatable bonds is 9. The van der Waals surface area contributed by atoms with E-state index in [4.69, 9.17) is 10.8 Å². The Morgan fingerprint density at radius 2 is 1.69 bits per heavy atom. The SMILES string of the molecule is CCC.CNC(C(=O)NC(C(=O)N(C)C/C=C(\C)C(=O)O)C(C)(C)C)C(C)(C)c1cn(C)c2cc(N)ccc12. The Bertz CT molecular complexity index is 1190. The van der Waals surface area contributed by atoms with Gasteiger partial charge in [-0.1, -0.05) is 67.0 Å². The van der Waals surface area contributed by atoms with Gasteiger partial charge in [-0.25, -0.2) is 4.79 Å². The van der Waals surface area contributed by atoms with Crippen LogP contribution in [0.5, 0.6) is 0 Å². The van der Waals surface area contributed by atoms with Gasteiger partial charge in [-0.05, 0) is 37.1 Å². The van der Waals surface area contributed by atoms with Gasteiger partial charge in [0.2, 0.25) is 11.8 Å². The highest BCUT2D eigenvalue weighted by atomic mass is 16.4. The van der Waals surface area contributed by atoms with Crippen LogP contribution in [0.25, 0.3) is 10.9 Å². The molecule has 2 rings (SSSR count). The van der Waals surface area contributed by atoms with E-state index < -0.39 is 28.9 Å². The highest BCUT2D eigenvalue weighted by Gasteiger charge is 2.41. The molecule has 0 aliphatic carbocycles. The minimum atomic E-state index is -1.04. The monoisotopic (exact) mass is 543 g/mol. The highest BCUT2D eigenvalue weighted by molar-refractivity contribution is 5.93. The third-order valence-corrected chi connectivity index (χ3v) is 6.77. The fourth-order valence-corrected chi connectivity index (χ4v) is 4.44. The first-order valence-corrected chi connectivity index (χ1v) is 13.4. The largest absolute Gasteiger partial charge is 0.478 e. The Kier molecular flexibility index (Phi) is 11.8. The lowest BCUT2D eigenvalue weighted by Crippen LogP contribution is -2.60. The van der Waals surface area contributed by atoms with Crippen LogP contribution in [0.15, 0.2) is 36.0 Å². The first-order chi connectivity index (χ1) is 17.9. The van der Waals surface area contributed by atoms with Crippen LogP contribution in [0.1, 0.15) is 67.4 Å². The van der Waals surface area contributed by atoms with Gasteiger partial charge in [0.15, 0.2) is 0 Å². The van der Waals surface area contributed by atoms with E-state index in [2.05, 4.69) is 24.5 Å². The molecule has 39 heavy (non-hydrogen) atoms. The fraction of sp³-hybridized carbons (Fsp3) is 0.567. The van der Waals surface area contributed by atoms with Gasteiger partial charge in [0.05, 0.1) is 11.6 Å². The van der Waals surface area contributed by atoms with Gasteiger partial charge in [0.1, 0.15) is 6.04 Å². The van der Waals surface area contributed by atoms with Gasteiger partial charge in [-0.3, -0.25) is 9.59 Å². The van der Waals surface area contributed by atoms with E-state index in [1.807, 2.05) is 70.6 Å². The molecule has 5 N–H and O–H groups in total. The summed E-state index contributed by atoms with van der Waals surface area (Å²) in [6.07, 6.45) is 4.74. The zero-order chi connectivity index (χ0) is 30.3. The molecule has 0 aliphatic rings. The molecule has 0 bridgehead atoms. The Hall–Kier alpha value is -3.33. The molecule has 0 saturated heterocycles. The average molecular weight is 544 g/mol. The molecule has 218 valence electrons. The van der Waals surface area contributed by atoms with Crippen molar-refractivity contribution in [2.75, 3.05) is 26.4 Å². The highest BCUT2D eigenvalue weighted by Crippen LogP contribution is 2.35. The Morgan fingerprint density at radius 3 is 2.18 bits per heavy atom. The fourth-order valence-electron chi connectivity index (χ4n) is 4.44. The number of nitrogen functional groups attached to an aromatic ring is 1. The van der Waals surface area contributed by atoms with Gasteiger partial charge >= 0.3 is 5.97 Å². The summed E-state index contributed by atoms with van der Waals surface area (Å²) < 4.78 is 2.00. The molecule has 2 atom stereocenters. The molecular weight excluding hydrogens is 494 g/mol. The van der Waals surface area contributed by atoms with Gasteiger partial charge in [0, 0.05) is 48.9 Å². The smallest absolute Gasteiger partial charge is 0.331 e. The summed E-state index contributed by atoms with van der Waals surface area (Å²) in [5.74, 6) is -1.63. The quantitative estimate of drug-likeness (QED) is 0.279. The van der Waals surface area contributed by atoms with E-state index in [1.54, 1.807) is 14.1 Å². The number of nitrogens with two attached hydrogens (primary N) is 1. The van der Waals surface area contributed by atoms with Crippen molar-refractivity contribution >= 4 is 34.4 Å². The maximum absolute atomic E-state index is 13.7. The second kappa shape index (κ2) is 13.6. The molecule has 1 aromatic heterocycles. The number of likely N-dealkylation sites (N-methyl/N-ethyl adjacent to an activating group) is 2. The van der Waals surface area contributed by atoms with Crippen LogP contribution in [-0.2, 0) is 26.8 Å². The number of hydrogen-bond donors (Lipinski definition) is 4. The van der Waals surface area contributed by atoms with Crippen LogP contribution < -0.4 is 16.4 Å². The number of fused-ring (bicyclic) bond motifs is 1. The number of carbonyl (C=O) groups is 3. The third kappa shape index (κ3) is 8.33. The van der Waals surface area contributed by atoms with Crippen molar-refractivity contribution in [3.8, 4) is 0 Å². The molecule has 2 unspecified atom stereocenters. The average Bonchev–Trinajstić information content (AvgIpc) is 3.16. The number of aliphatic carboxylic acids is 1. The van der Waals surface area contributed by atoms with Crippen LogP contribution >= 0.6 is 0 Å². The lowest BCUT2D eigenvalue weighted by atomic mass is 9.76. The molecule has 2 amide bonds. The summed E-state index contributed by atoms with van der Waals surface area (Å²) in [7, 11) is 5.27. The normalized spacial score (nSPS) is 13.8. The Labute approximate surface area is 233 Å². The van der Waals surface area contributed by atoms with Crippen molar-refractivity contribution in [1.82, 2.24) is 20.1 Å². The minimum absolute atomic E-state index is 0.125. The molecule has 9 heteroatoms. The number of carboxylic acids is 1. The predicted molar refractivity (Wildman–Crippen MR) is 160 cm³/mol. The summed E-state index contributed by atoms with van der Waals surface area (Å²) in [6.45, 7) is 15.5. The first-order valence-electron chi connectivity index (χ1n) is 13.4.